The number of aromatic amines is 2. The van der Waals surface area contributed by atoms with Gasteiger partial charge in [-0.3, -0.25) is 4.79 Å². The predicted octanol–water partition coefficient (Wildman–Crippen LogP) is 2.87. The Hall–Kier alpha value is -3.57. The summed E-state index contributed by atoms with van der Waals surface area (Å²) < 4.78 is 11.4. The van der Waals surface area contributed by atoms with Crippen LogP contribution in [-0.4, -0.2) is 46.4 Å². The summed E-state index contributed by atoms with van der Waals surface area (Å²) in [6.07, 6.45) is 2.37. The Morgan fingerprint density at radius 2 is 1.12 bits per heavy atom. The molecule has 0 saturated heterocycles. The molecule has 2 saturated carbocycles. The number of aryl methyl sites for hydroxylation is 2. The number of rotatable bonds is 6. The van der Waals surface area contributed by atoms with Crippen LogP contribution in [0, 0.1) is 27.7 Å². The molecule has 34 heavy (non-hydrogen) atoms. The fraction of sp³-hybridized carbons (Fsp3) is 0.435. The maximum absolute atomic E-state index is 13.7. The molecule has 0 unspecified atom stereocenters. The summed E-state index contributed by atoms with van der Waals surface area (Å²) >= 11 is 0. The summed E-state index contributed by atoms with van der Waals surface area (Å²) in [6.45, 7) is 7.27. The summed E-state index contributed by atoms with van der Waals surface area (Å²) in [6, 6.07) is 0. The van der Waals surface area contributed by atoms with Crippen LogP contribution in [0.15, 0.2) is 8.83 Å². The van der Waals surface area contributed by atoms with Gasteiger partial charge in [0.15, 0.2) is 5.78 Å². The number of aromatic nitrogens is 6. The number of nitrogens with one attached hydrogen (secondary N) is 2. The molecule has 176 valence electrons. The molecule has 0 aliphatic heterocycles. The van der Waals surface area contributed by atoms with Gasteiger partial charge in [0, 0.05) is 22.5 Å². The molecule has 2 aliphatic rings. The third-order valence-electron chi connectivity index (χ3n) is 6.85. The maximum atomic E-state index is 13.7. The molecule has 4 aromatic heterocycles. The largest absolute Gasteiger partial charge is 0.416 e. The van der Waals surface area contributed by atoms with E-state index >= 15 is 0 Å². The van der Waals surface area contributed by atoms with Crippen LogP contribution < -0.4 is 0 Å². The molecule has 0 radical (unpaired) electrons. The van der Waals surface area contributed by atoms with Crippen molar-refractivity contribution in [1.29, 1.82) is 0 Å². The number of hydrogen-bond acceptors (Lipinski definition) is 9. The van der Waals surface area contributed by atoms with Crippen molar-refractivity contribution in [2.45, 2.75) is 64.6 Å². The number of aliphatic hydroxyl groups is 2. The molecule has 11 nitrogen and oxygen atoms in total. The average molecular weight is 464 g/mol. The molecule has 6 rings (SSSR count). The van der Waals surface area contributed by atoms with Crippen molar-refractivity contribution >= 4 is 5.78 Å². The summed E-state index contributed by atoms with van der Waals surface area (Å²) in [5.74, 6) is 0.679. The Bertz CT molecular complexity index is 1350. The molecular formula is C23H24N6O5. The highest BCUT2D eigenvalue weighted by molar-refractivity contribution is 6.13. The van der Waals surface area contributed by atoms with Gasteiger partial charge in [0.2, 0.25) is 11.8 Å². The second kappa shape index (κ2) is 6.73. The summed E-state index contributed by atoms with van der Waals surface area (Å²) in [5, 5.41) is 36.6. The average Bonchev–Trinajstić information content (AvgIpc) is 3.43. The topological polar surface area (TPSA) is 167 Å². The summed E-state index contributed by atoms with van der Waals surface area (Å²) in [4.78, 5) is 20.1. The Morgan fingerprint density at radius 3 is 1.47 bits per heavy atom. The van der Waals surface area contributed by atoms with Gasteiger partial charge in [-0.2, -0.15) is 0 Å². The van der Waals surface area contributed by atoms with Gasteiger partial charge in [-0.1, -0.05) is 0 Å². The van der Waals surface area contributed by atoms with E-state index in [9.17, 15) is 15.0 Å². The van der Waals surface area contributed by atoms with Gasteiger partial charge in [-0.15, -0.1) is 20.4 Å². The molecule has 0 atom stereocenters. The van der Waals surface area contributed by atoms with Crippen molar-refractivity contribution in [3.05, 3.63) is 45.4 Å². The number of H-pyrrole nitrogens is 2. The maximum Gasteiger partial charge on any atom is 0.264 e. The molecule has 0 bridgehead atoms. The molecule has 0 spiro atoms. The van der Waals surface area contributed by atoms with Crippen molar-refractivity contribution in [3.8, 4) is 23.2 Å². The van der Waals surface area contributed by atoms with E-state index in [1.165, 1.54) is 0 Å². The van der Waals surface area contributed by atoms with Crippen molar-refractivity contribution < 1.29 is 23.8 Å². The zero-order valence-electron chi connectivity index (χ0n) is 19.2. The summed E-state index contributed by atoms with van der Waals surface area (Å²) in [7, 11) is 0. The quantitative estimate of drug-likeness (QED) is 0.314. The lowest BCUT2D eigenvalue weighted by molar-refractivity contribution is 0.103. The highest BCUT2D eigenvalue weighted by Crippen LogP contribution is 2.46. The van der Waals surface area contributed by atoms with Crippen molar-refractivity contribution in [1.82, 2.24) is 30.4 Å². The van der Waals surface area contributed by atoms with Crippen LogP contribution in [0.4, 0.5) is 0 Å². The van der Waals surface area contributed by atoms with Gasteiger partial charge in [-0.05, 0) is 64.5 Å². The Labute approximate surface area is 193 Å². The molecular weight excluding hydrogens is 440 g/mol. The monoisotopic (exact) mass is 464 g/mol. The van der Waals surface area contributed by atoms with Crippen LogP contribution in [0.3, 0.4) is 0 Å². The molecule has 4 N–H and O–H groups in total. The van der Waals surface area contributed by atoms with E-state index < -0.39 is 11.2 Å². The second-order valence-corrected chi connectivity index (χ2v) is 9.47. The molecule has 0 aromatic carbocycles. The normalized spacial score (nSPS) is 17.8. The Balaban J connectivity index is 1.36. The SMILES string of the molecule is Cc1[nH]c(-c2nnc(C3(O)CC3)o2)c(C)c1C(=O)c1c(C)[nH]c(-c2nnc(C3(O)CC3)o2)c1C. The molecule has 0 amide bonds. The number of nitrogens with zero attached hydrogens (tertiary/aromatic N) is 4. The molecule has 4 heterocycles. The van der Waals surface area contributed by atoms with Crippen LogP contribution >= 0.6 is 0 Å². The van der Waals surface area contributed by atoms with E-state index in [0.29, 0.717) is 70.7 Å². The van der Waals surface area contributed by atoms with Gasteiger partial charge in [0.25, 0.3) is 11.8 Å². The van der Waals surface area contributed by atoms with Gasteiger partial charge < -0.3 is 29.0 Å². The predicted molar refractivity (Wildman–Crippen MR) is 117 cm³/mol. The van der Waals surface area contributed by atoms with E-state index in [4.69, 9.17) is 8.83 Å². The third-order valence-corrected chi connectivity index (χ3v) is 6.85. The molecule has 11 heteroatoms. The third kappa shape index (κ3) is 3.00. The van der Waals surface area contributed by atoms with E-state index in [-0.39, 0.29) is 29.3 Å². The van der Waals surface area contributed by atoms with E-state index in [1.807, 2.05) is 27.7 Å². The number of ketones is 1. The first-order valence-electron chi connectivity index (χ1n) is 11.2. The standard InChI is InChI=1S/C23H24N6O5/c1-9-13(11(3)24-15(9)18-26-28-20(33-18)22(31)5-6-22)17(30)14-10(2)16(25-12(14)4)19-27-29-21(34-19)23(32)7-8-23/h24-25,31-32H,5-8H2,1-4H3. The number of carbonyl (C=O) groups excluding carboxylic acids is 1. The molecule has 2 fully saturated rings. The second-order valence-electron chi connectivity index (χ2n) is 9.47. The highest BCUT2D eigenvalue weighted by Gasteiger charge is 2.48. The zero-order valence-corrected chi connectivity index (χ0v) is 19.2. The lowest BCUT2D eigenvalue weighted by Gasteiger charge is -2.04. The number of carbonyl (C=O) groups is 1. The van der Waals surface area contributed by atoms with Crippen molar-refractivity contribution in [2.24, 2.45) is 0 Å². The highest BCUT2D eigenvalue weighted by atomic mass is 16.4. The fourth-order valence-corrected chi connectivity index (χ4v) is 4.42. The van der Waals surface area contributed by atoms with Crippen LogP contribution in [-0.2, 0) is 11.2 Å². The van der Waals surface area contributed by atoms with Gasteiger partial charge in [0.05, 0.1) is 0 Å². The van der Waals surface area contributed by atoms with Crippen LogP contribution in [0.2, 0.25) is 0 Å². The van der Waals surface area contributed by atoms with Crippen LogP contribution in [0.1, 0.15) is 75.9 Å². The van der Waals surface area contributed by atoms with Crippen LogP contribution in [0.5, 0.6) is 0 Å². The Morgan fingerprint density at radius 1 is 0.735 bits per heavy atom. The van der Waals surface area contributed by atoms with Crippen LogP contribution in [0.25, 0.3) is 23.2 Å². The fourth-order valence-electron chi connectivity index (χ4n) is 4.42. The lowest BCUT2D eigenvalue weighted by atomic mass is 9.96. The van der Waals surface area contributed by atoms with Gasteiger partial charge in [0.1, 0.15) is 22.6 Å². The minimum atomic E-state index is -1.03. The molecule has 2 aliphatic carbocycles. The first-order chi connectivity index (χ1) is 16.1. The van der Waals surface area contributed by atoms with Crippen molar-refractivity contribution in [2.75, 3.05) is 0 Å². The first-order valence-corrected chi connectivity index (χ1v) is 11.2. The van der Waals surface area contributed by atoms with E-state index in [1.54, 1.807) is 0 Å². The zero-order chi connectivity index (χ0) is 24.0. The smallest absolute Gasteiger partial charge is 0.264 e. The molecule has 4 aromatic rings. The first kappa shape index (κ1) is 21.0. The van der Waals surface area contributed by atoms with E-state index in [0.717, 1.165) is 0 Å². The van der Waals surface area contributed by atoms with Crippen molar-refractivity contribution in [3.63, 3.8) is 0 Å². The van der Waals surface area contributed by atoms with Gasteiger partial charge in [-0.25, -0.2) is 0 Å². The van der Waals surface area contributed by atoms with E-state index in [2.05, 4.69) is 30.4 Å². The Kier molecular flexibility index (Phi) is 4.16. The lowest BCUT2D eigenvalue weighted by Crippen LogP contribution is -2.06. The minimum Gasteiger partial charge on any atom is -0.416 e. The minimum absolute atomic E-state index is 0.170. The summed E-state index contributed by atoms with van der Waals surface area (Å²) in [5.41, 5.74) is 2.75. The number of hydrogen-bond donors (Lipinski definition) is 4. The van der Waals surface area contributed by atoms with Gasteiger partial charge >= 0.3 is 0 Å².